The van der Waals surface area contributed by atoms with E-state index in [2.05, 4.69) is 11.4 Å². The topological polar surface area (TPSA) is 55.4 Å². The van der Waals surface area contributed by atoms with Crippen LogP contribution in [0.3, 0.4) is 0 Å². The molecule has 0 saturated heterocycles. The van der Waals surface area contributed by atoms with Crippen molar-refractivity contribution in [2.75, 3.05) is 0 Å². The molecule has 26 heavy (non-hydrogen) atoms. The van der Waals surface area contributed by atoms with E-state index in [-0.39, 0.29) is 27.6 Å². The van der Waals surface area contributed by atoms with E-state index in [0.29, 0.717) is 0 Å². The number of nitrogens with one attached hydrogen (secondary N) is 1. The molecule has 0 spiro atoms. The minimum atomic E-state index is -0.955. The van der Waals surface area contributed by atoms with Gasteiger partial charge in [0, 0.05) is 0 Å². The van der Waals surface area contributed by atoms with Crippen LogP contribution in [-0.4, -0.2) is 18.0 Å². The second kappa shape index (κ2) is 8.11. The largest absolute Gasteiger partial charge is 0.449 e. The highest BCUT2D eigenvalue weighted by Crippen LogP contribution is 2.30. The van der Waals surface area contributed by atoms with Gasteiger partial charge in [0.1, 0.15) is 0 Å². The van der Waals surface area contributed by atoms with Crippen molar-refractivity contribution in [1.82, 2.24) is 5.32 Å². The molecule has 0 aromatic heterocycles. The predicted octanol–water partition coefficient (Wildman–Crippen LogP) is 4.73. The fourth-order valence-corrected chi connectivity index (χ4v) is 3.71. The van der Waals surface area contributed by atoms with Crippen molar-refractivity contribution in [3.63, 3.8) is 0 Å². The highest BCUT2D eigenvalue weighted by atomic mass is 35.5. The molecular weight excluding hydrogens is 373 g/mol. The van der Waals surface area contributed by atoms with E-state index >= 15 is 0 Å². The summed E-state index contributed by atoms with van der Waals surface area (Å²) in [6, 6.07) is 12.7. The van der Waals surface area contributed by atoms with E-state index in [1.54, 1.807) is 18.2 Å². The van der Waals surface area contributed by atoms with Gasteiger partial charge >= 0.3 is 5.97 Å². The molecule has 3 rings (SSSR count). The highest BCUT2D eigenvalue weighted by Gasteiger charge is 2.26. The Hall–Kier alpha value is -2.04. The predicted molar refractivity (Wildman–Crippen MR) is 102 cm³/mol. The molecule has 2 atom stereocenters. The van der Waals surface area contributed by atoms with Gasteiger partial charge in [-0.05, 0) is 49.4 Å². The summed E-state index contributed by atoms with van der Waals surface area (Å²) in [6.07, 6.45) is 1.92. The zero-order chi connectivity index (χ0) is 18.7. The number of ether oxygens (including phenoxy) is 1. The monoisotopic (exact) mass is 391 g/mol. The van der Waals surface area contributed by atoms with Crippen LogP contribution in [-0.2, 0) is 16.0 Å². The molecule has 1 aliphatic rings. The Morgan fingerprint density at radius 2 is 1.81 bits per heavy atom. The number of hydrogen-bond acceptors (Lipinski definition) is 3. The number of fused-ring (bicyclic) bond motifs is 1. The van der Waals surface area contributed by atoms with Gasteiger partial charge in [0.25, 0.3) is 5.91 Å². The standard InChI is InChI=1S/C20H19Cl2NO3/c1-12(26-20(25)18-15(21)9-5-10-16(18)22)19(24)23-17-11-4-7-13-6-2-3-8-14(13)17/h2-3,5-6,8-10,12,17H,4,7,11H2,1H3,(H,23,24)/t12-,17+/m0/s1. The molecule has 6 heteroatoms. The quantitative estimate of drug-likeness (QED) is 0.766. The summed E-state index contributed by atoms with van der Waals surface area (Å²) in [7, 11) is 0. The number of carbonyl (C=O) groups excluding carboxylic acids is 2. The van der Waals surface area contributed by atoms with Crippen molar-refractivity contribution in [2.24, 2.45) is 0 Å². The first-order valence-electron chi connectivity index (χ1n) is 8.50. The zero-order valence-corrected chi connectivity index (χ0v) is 15.8. The fourth-order valence-electron chi connectivity index (χ4n) is 3.16. The van der Waals surface area contributed by atoms with E-state index in [0.717, 1.165) is 24.8 Å². The lowest BCUT2D eigenvalue weighted by Gasteiger charge is -2.27. The van der Waals surface area contributed by atoms with Crippen molar-refractivity contribution in [3.8, 4) is 0 Å². The number of amides is 1. The summed E-state index contributed by atoms with van der Waals surface area (Å²) >= 11 is 12.0. The number of benzene rings is 2. The van der Waals surface area contributed by atoms with Gasteiger partial charge in [-0.2, -0.15) is 0 Å². The maximum Gasteiger partial charge on any atom is 0.341 e. The molecule has 0 bridgehead atoms. The van der Waals surface area contributed by atoms with Crippen LogP contribution in [0.1, 0.15) is 47.3 Å². The Morgan fingerprint density at radius 1 is 1.12 bits per heavy atom. The number of hydrogen-bond donors (Lipinski definition) is 1. The van der Waals surface area contributed by atoms with Gasteiger partial charge in [-0.25, -0.2) is 4.79 Å². The van der Waals surface area contributed by atoms with Crippen LogP contribution in [0, 0.1) is 0 Å². The molecule has 0 saturated carbocycles. The van der Waals surface area contributed by atoms with Crippen LogP contribution >= 0.6 is 23.2 Å². The average Bonchev–Trinajstić information content (AvgIpc) is 2.61. The van der Waals surface area contributed by atoms with Crippen molar-refractivity contribution < 1.29 is 14.3 Å². The second-order valence-corrected chi connectivity index (χ2v) is 7.11. The molecule has 1 aliphatic carbocycles. The third kappa shape index (κ3) is 4.02. The van der Waals surface area contributed by atoms with Gasteiger partial charge in [-0.15, -0.1) is 0 Å². The molecule has 136 valence electrons. The molecule has 1 N–H and O–H groups in total. The summed E-state index contributed by atoms with van der Waals surface area (Å²) in [4.78, 5) is 24.8. The first kappa shape index (κ1) is 18.7. The van der Waals surface area contributed by atoms with Crippen molar-refractivity contribution in [1.29, 1.82) is 0 Å². The van der Waals surface area contributed by atoms with Crippen LogP contribution in [0.2, 0.25) is 10.0 Å². The van der Waals surface area contributed by atoms with Crippen LogP contribution in [0.25, 0.3) is 0 Å². The summed E-state index contributed by atoms with van der Waals surface area (Å²) < 4.78 is 5.27. The summed E-state index contributed by atoms with van der Waals surface area (Å²) in [6.45, 7) is 1.53. The van der Waals surface area contributed by atoms with E-state index in [1.807, 2.05) is 18.2 Å². The van der Waals surface area contributed by atoms with Gasteiger partial charge in [0.15, 0.2) is 6.10 Å². The van der Waals surface area contributed by atoms with E-state index in [1.165, 1.54) is 12.5 Å². The molecule has 0 unspecified atom stereocenters. The third-order valence-corrected chi connectivity index (χ3v) is 5.14. The number of halogens is 2. The number of carbonyl (C=O) groups is 2. The molecule has 0 aliphatic heterocycles. The van der Waals surface area contributed by atoms with Crippen molar-refractivity contribution in [2.45, 2.75) is 38.3 Å². The number of aryl methyl sites for hydroxylation is 1. The smallest absolute Gasteiger partial charge is 0.341 e. The molecular formula is C20H19Cl2NO3. The Morgan fingerprint density at radius 3 is 2.54 bits per heavy atom. The van der Waals surface area contributed by atoms with Crippen LogP contribution in [0.15, 0.2) is 42.5 Å². The first-order valence-corrected chi connectivity index (χ1v) is 9.26. The Balaban J connectivity index is 1.67. The molecule has 1 amide bonds. The fraction of sp³-hybridized carbons (Fsp3) is 0.300. The normalized spacial score (nSPS) is 17.1. The molecule has 2 aromatic carbocycles. The SMILES string of the molecule is C[C@H](OC(=O)c1c(Cl)cccc1Cl)C(=O)N[C@@H]1CCCc2ccccc21. The van der Waals surface area contributed by atoms with Gasteiger partial charge in [-0.3, -0.25) is 4.79 Å². The van der Waals surface area contributed by atoms with Crippen LogP contribution < -0.4 is 5.32 Å². The molecule has 0 heterocycles. The Labute approximate surface area is 162 Å². The lowest BCUT2D eigenvalue weighted by molar-refractivity contribution is -0.130. The minimum absolute atomic E-state index is 0.0681. The van der Waals surface area contributed by atoms with E-state index < -0.39 is 12.1 Å². The lowest BCUT2D eigenvalue weighted by Crippen LogP contribution is -2.39. The molecule has 0 fully saturated rings. The minimum Gasteiger partial charge on any atom is -0.449 e. The summed E-state index contributed by atoms with van der Waals surface area (Å²) in [5.74, 6) is -1.06. The zero-order valence-electron chi connectivity index (χ0n) is 14.3. The van der Waals surface area contributed by atoms with Crippen LogP contribution in [0.5, 0.6) is 0 Å². The Bertz CT molecular complexity index is 817. The highest BCUT2D eigenvalue weighted by molar-refractivity contribution is 6.39. The number of esters is 1. The Kier molecular flexibility index (Phi) is 5.84. The second-order valence-electron chi connectivity index (χ2n) is 6.30. The van der Waals surface area contributed by atoms with Crippen molar-refractivity contribution >= 4 is 35.1 Å². The van der Waals surface area contributed by atoms with Crippen LogP contribution in [0.4, 0.5) is 0 Å². The van der Waals surface area contributed by atoms with Gasteiger partial charge in [0.2, 0.25) is 0 Å². The maximum atomic E-state index is 12.5. The number of rotatable bonds is 4. The summed E-state index contributed by atoms with van der Waals surface area (Å²) in [5.41, 5.74) is 2.44. The first-order chi connectivity index (χ1) is 12.5. The van der Waals surface area contributed by atoms with Crippen molar-refractivity contribution in [3.05, 3.63) is 69.2 Å². The molecule has 4 nitrogen and oxygen atoms in total. The summed E-state index contributed by atoms with van der Waals surface area (Å²) in [5, 5.41) is 3.36. The third-order valence-electron chi connectivity index (χ3n) is 4.51. The maximum absolute atomic E-state index is 12.5. The molecule has 2 aromatic rings. The average molecular weight is 392 g/mol. The van der Waals surface area contributed by atoms with Gasteiger partial charge in [0.05, 0.1) is 21.7 Å². The van der Waals surface area contributed by atoms with E-state index in [9.17, 15) is 9.59 Å². The van der Waals surface area contributed by atoms with Gasteiger partial charge in [-0.1, -0.05) is 53.5 Å². The van der Waals surface area contributed by atoms with Gasteiger partial charge < -0.3 is 10.1 Å². The molecule has 0 radical (unpaired) electrons. The van der Waals surface area contributed by atoms with E-state index in [4.69, 9.17) is 27.9 Å². The lowest BCUT2D eigenvalue weighted by atomic mass is 9.87.